The van der Waals surface area contributed by atoms with E-state index in [1.807, 2.05) is 6.07 Å². The molecule has 0 radical (unpaired) electrons. The number of aromatic nitrogens is 1. The van der Waals surface area contributed by atoms with Gasteiger partial charge in [0.15, 0.2) is 5.01 Å². The van der Waals surface area contributed by atoms with Crippen LogP contribution in [-0.2, 0) is 6.42 Å². The Morgan fingerprint density at radius 3 is 2.63 bits per heavy atom. The fourth-order valence-corrected chi connectivity index (χ4v) is 9.46. The van der Waals surface area contributed by atoms with Crippen LogP contribution in [0.2, 0.25) is 0 Å². The van der Waals surface area contributed by atoms with E-state index in [4.69, 9.17) is 11.2 Å². The third-order valence-corrected chi connectivity index (χ3v) is 11.2. The number of carbonyl (C=O) groups excluding carboxylic acids is 1. The fraction of sp³-hybridized carbons (Fsp3) is 0.486. The predicted octanol–water partition coefficient (Wildman–Crippen LogP) is 7.47. The van der Waals surface area contributed by atoms with Crippen LogP contribution < -0.4 is 10.1 Å². The number of fused-ring (bicyclic) bond motifs is 1. The average Bonchev–Trinajstić information content (AvgIpc) is 3.63. The molecular formula is C35H39N3O2S. The van der Waals surface area contributed by atoms with Gasteiger partial charge >= 0.3 is 0 Å². The SMILES string of the molecule is C#Cc1csc(C(=O)N2C(c3ccc(NC45CC6CC(CC4C6)C5)cc3)c3ccc(OC)cc3C[C@@H]2CCCC)n1. The van der Waals surface area contributed by atoms with Crippen molar-refractivity contribution >= 4 is 22.9 Å². The number of hydrogen-bond acceptors (Lipinski definition) is 5. The number of terminal acetylenes is 1. The highest BCUT2D eigenvalue weighted by molar-refractivity contribution is 7.11. The van der Waals surface area contributed by atoms with Gasteiger partial charge in [0, 0.05) is 22.6 Å². The molecule has 1 N–H and O–H groups in total. The molecule has 41 heavy (non-hydrogen) atoms. The monoisotopic (exact) mass is 565 g/mol. The zero-order valence-corrected chi connectivity index (χ0v) is 24.9. The number of unbranched alkanes of at least 4 members (excludes halogenated alkanes) is 1. The molecule has 3 aromatic rings. The Morgan fingerprint density at radius 2 is 1.95 bits per heavy atom. The van der Waals surface area contributed by atoms with Crippen LogP contribution >= 0.6 is 11.3 Å². The minimum atomic E-state index is -0.206. The molecular weight excluding hydrogens is 526 g/mol. The van der Waals surface area contributed by atoms with Crippen molar-refractivity contribution < 1.29 is 9.53 Å². The maximum Gasteiger partial charge on any atom is 0.283 e. The highest BCUT2D eigenvalue weighted by atomic mass is 32.1. The number of carbonyl (C=O) groups is 1. The first kappa shape index (κ1) is 26.6. The highest BCUT2D eigenvalue weighted by Gasteiger charge is 2.57. The van der Waals surface area contributed by atoms with Gasteiger partial charge in [-0.1, -0.05) is 38.0 Å². The van der Waals surface area contributed by atoms with Crippen LogP contribution in [0, 0.1) is 30.1 Å². The lowest BCUT2D eigenvalue weighted by Gasteiger charge is -2.43. The molecule has 1 aromatic heterocycles. The topological polar surface area (TPSA) is 54.5 Å². The van der Waals surface area contributed by atoms with E-state index in [9.17, 15) is 4.79 Å². The summed E-state index contributed by atoms with van der Waals surface area (Å²) in [6.45, 7) is 2.21. The van der Waals surface area contributed by atoms with Crippen molar-refractivity contribution in [3.05, 3.63) is 75.2 Å². The summed E-state index contributed by atoms with van der Waals surface area (Å²) in [7, 11) is 1.71. The van der Waals surface area contributed by atoms with Crippen molar-refractivity contribution in [2.24, 2.45) is 17.8 Å². The lowest BCUT2D eigenvalue weighted by molar-refractivity contribution is 0.0566. The number of thiazole rings is 1. The van der Waals surface area contributed by atoms with E-state index < -0.39 is 0 Å². The predicted molar refractivity (Wildman–Crippen MR) is 164 cm³/mol. The Morgan fingerprint density at radius 1 is 1.17 bits per heavy atom. The van der Waals surface area contributed by atoms with E-state index >= 15 is 0 Å². The van der Waals surface area contributed by atoms with Crippen molar-refractivity contribution in [1.82, 2.24) is 9.88 Å². The van der Waals surface area contributed by atoms with Gasteiger partial charge in [0.2, 0.25) is 0 Å². The number of methoxy groups -OCH3 is 1. The van der Waals surface area contributed by atoms with Crippen LogP contribution in [0.4, 0.5) is 5.69 Å². The molecule has 6 heteroatoms. The van der Waals surface area contributed by atoms with Crippen molar-refractivity contribution in [3.63, 3.8) is 0 Å². The number of benzene rings is 2. The summed E-state index contributed by atoms with van der Waals surface area (Å²) < 4.78 is 5.60. The summed E-state index contributed by atoms with van der Waals surface area (Å²) in [5, 5.41) is 6.29. The number of amides is 1. The number of ether oxygens (including phenoxy) is 1. The number of nitrogens with zero attached hydrogens (tertiary/aromatic N) is 2. The van der Waals surface area contributed by atoms with Gasteiger partial charge in [-0.3, -0.25) is 4.79 Å². The normalized spacial score (nSPS) is 29.3. The third kappa shape index (κ3) is 4.63. The van der Waals surface area contributed by atoms with E-state index in [1.54, 1.807) is 12.5 Å². The number of rotatable bonds is 8. The quantitative estimate of drug-likeness (QED) is 0.288. The molecule has 5 aliphatic rings. The molecule has 1 amide bonds. The van der Waals surface area contributed by atoms with E-state index in [2.05, 4.69) is 64.4 Å². The molecule has 2 aromatic carbocycles. The molecule has 4 saturated carbocycles. The van der Waals surface area contributed by atoms with E-state index in [1.165, 1.54) is 54.7 Å². The number of anilines is 1. The summed E-state index contributed by atoms with van der Waals surface area (Å²) in [5.74, 6) is 6.05. The molecule has 2 heterocycles. The van der Waals surface area contributed by atoms with Gasteiger partial charge in [-0.25, -0.2) is 4.98 Å². The van der Waals surface area contributed by atoms with E-state index in [0.717, 1.165) is 60.3 Å². The van der Waals surface area contributed by atoms with Crippen molar-refractivity contribution in [1.29, 1.82) is 0 Å². The van der Waals surface area contributed by atoms with E-state index in [0.29, 0.717) is 10.7 Å². The Bertz CT molecular complexity index is 1470. The van der Waals surface area contributed by atoms with Crippen LogP contribution in [0.15, 0.2) is 47.8 Å². The second kappa shape index (κ2) is 10.5. The van der Waals surface area contributed by atoms with Crippen LogP contribution in [0.3, 0.4) is 0 Å². The first-order chi connectivity index (χ1) is 20.0. The van der Waals surface area contributed by atoms with Gasteiger partial charge in [0.05, 0.1) is 13.2 Å². The highest BCUT2D eigenvalue weighted by Crippen LogP contribution is 2.61. The van der Waals surface area contributed by atoms with Crippen LogP contribution in [-0.4, -0.2) is 34.5 Å². The molecule has 0 spiro atoms. The molecule has 4 fully saturated rings. The molecule has 4 atom stereocenters. The summed E-state index contributed by atoms with van der Waals surface area (Å²) >= 11 is 1.34. The standard InChI is InChI=1S/C35H39N3O2S/c1-4-6-7-29-17-25-18-30(40-3)12-13-31(25)32(38(29)34(39)33-36-27(5-2)21-41-33)24-8-10-28(11-9-24)37-35-19-22-14-23(20-35)16-26(35)15-22/h2,8-13,18,21-23,26,29,32,37H,4,6-7,14-17,19-20H2,1,3H3/t22?,23?,26?,29-,32?,35?/m0/s1. The summed E-state index contributed by atoms with van der Waals surface area (Å²) in [6, 6.07) is 15.1. The molecule has 8 rings (SSSR count). The zero-order chi connectivity index (χ0) is 28.1. The number of nitrogens with one attached hydrogen (secondary N) is 1. The summed E-state index contributed by atoms with van der Waals surface area (Å²) in [6.07, 6.45) is 16.4. The maximum absolute atomic E-state index is 14.2. The van der Waals surface area contributed by atoms with Gasteiger partial charge in [0.25, 0.3) is 5.91 Å². The van der Waals surface area contributed by atoms with Crippen LogP contribution in [0.5, 0.6) is 5.75 Å². The molecule has 1 aliphatic heterocycles. The zero-order valence-electron chi connectivity index (χ0n) is 24.1. The molecule has 5 nitrogen and oxygen atoms in total. The second-order valence-corrected chi connectivity index (χ2v) is 13.7. The summed E-state index contributed by atoms with van der Waals surface area (Å²) in [4.78, 5) is 20.8. The van der Waals surface area contributed by atoms with Crippen LogP contribution in [0.25, 0.3) is 0 Å². The van der Waals surface area contributed by atoms with Gasteiger partial charge in [-0.15, -0.1) is 17.8 Å². The Kier molecular flexibility index (Phi) is 6.82. The molecule has 3 unspecified atom stereocenters. The fourth-order valence-electron chi connectivity index (χ4n) is 8.75. The first-order valence-corrected chi connectivity index (χ1v) is 16.2. The minimum Gasteiger partial charge on any atom is -0.497 e. The van der Waals surface area contributed by atoms with Crippen molar-refractivity contribution in [3.8, 4) is 18.1 Å². The largest absolute Gasteiger partial charge is 0.497 e. The van der Waals surface area contributed by atoms with Crippen LogP contribution in [0.1, 0.15) is 96.5 Å². The van der Waals surface area contributed by atoms with Gasteiger partial charge in [0.1, 0.15) is 11.4 Å². The third-order valence-electron chi connectivity index (χ3n) is 10.3. The van der Waals surface area contributed by atoms with Crippen molar-refractivity contribution in [2.45, 2.75) is 82.3 Å². The lowest BCUT2D eigenvalue weighted by atomic mass is 9.80. The Balaban J connectivity index is 1.26. The van der Waals surface area contributed by atoms with Gasteiger partial charge in [-0.2, -0.15) is 0 Å². The lowest BCUT2D eigenvalue weighted by Crippen LogP contribution is -2.47. The minimum absolute atomic E-state index is 0.0378. The van der Waals surface area contributed by atoms with Gasteiger partial charge in [-0.05, 0) is 110 Å². The number of hydrogen-bond donors (Lipinski definition) is 1. The smallest absolute Gasteiger partial charge is 0.283 e. The molecule has 4 bridgehead atoms. The molecule has 212 valence electrons. The first-order valence-electron chi connectivity index (χ1n) is 15.3. The van der Waals surface area contributed by atoms with Crippen molar-refractivity contribution in [2.75, 3.05) is 12.4 Å². The van der Waals surface area contributed by atoms with Gasteiger partial charge < -0.3 is 15.0 Å². The summed E-state index contributed by atoms with van der Waals surface area (Å²) in [5.41, 5.74) is 5.55. The molecule has 4 aliphatic carbocycles. The molecule has 0 saturated heterocycles. The maximum atomic E-state index is 14.2. The second-order valence-electron chi connectivity index (χ2n) is 12.8. The Labute approximate surface area is 247 Å². The Hall–Kier alpha value is -3.30. The average molecular weight is 566 g/mol. The van der Waals surface area contributed by atoms with E-state index in [-0.39, 0.29) is 23.5 Å².